The molecule has 3 heteroatoms. The van der Waals surface area contributed by atoms with Crippen LogP contribution in [-0.4, -0.2) is 47.5 Å². The van der Waals surface area contributed by atoms with Crippen molar-refractivity contribution in [3.8, 4) is 0 Å². The topological polar surface area (TPSA) is 6.48 Å². The van der Waals surface area contributed by atoms with Crippen LogP contribution in [0.4, 0.5) is 0 Å². The Kier molecular flexibility index (Phi) is 4.11. The van der Waals surface area contributed by atoms with Crippen LogP contribution >= 0.6 is 11.6 Å². The summed E-state index contributed by atoms with van der Waals surface area (Å²) in [4.78, 5) is 5.00. The van der Waals surface area contributed by atoms with E-state index in [4.69, 9.17) is 11.6 Å². The number of benzene rings is 1. The second kappa shape index (κ2) is 5.82. The minimum Gasteiger partial charge on any atom is -0.293 e. The molecular formula is C16H23ClN2. The number of rotatable bonds is 3. The second-order valence-electron chi connectivity index (χ2n) is 5.94. The number of piperidine rings is 1. The van der Waals surface area contributed by atoms with Crippen LogP contribution in [0.3, 0.4) is 0 Å². The van der Waals surface area contributed by atoms with Crippen molar-refractivity contribution in [1.82, 2.24) is 9.80 Å². The Labute approximate surface area is 121 Å². The van der Waals surface area contributed by atoms with Crippen molar-refractivity contribution in [2.45, 2.75) is 43.3 Å². The highest BCUT2D eigenvalue weighted by molar-refractivity contribution is 6.20. The number of likely N-dealkylation sites (tertiary alicyclic amines) is 1. The van der Waals surface area contributed by atoms with Gasteiger partial charge in [0, 0.05) is 25.2 Å². The van der Waals surface area contributed by atoms with Gasteiger partial charge in [0.1, 0.15) is 5.50 Å². The van der Waals surface area contributed by atoms with E-state index in [0.29, 0.717) is 12.1 Å². The van der Waals surface area contributed by atoms with Gasteiger partial charge in [-0.2, -0.15) is 0 Å². The van der Waals surface area contributed by atoms with E-state index in [0.717, 1.165) is 19.5 Å². The summed E-state index contributed by atoms with van der Waals surface area (Å²) in [6.07, 6.45) is 5.07. The van der Waals surface area contributed by atoms with Crippen LogP contribution < -0.4 is 0 Å². The molecule has 0 amide bonds. The van der Waals surface area contributed by atoms with Gasteiger partial charge in [-0.1, -0.05) is 36.8 Å². The van der Waals surface area contributed by atoms with E-state index in [1.54, 1.807) is 0 Å². The van der Waals surface area contributed by atoms with Gasteiger partial charge in [0.25, 0.3) is 0 Å². The molecule has 1 aromatic carbocycles. The van der Waals surface area contributed by atoms with Crippen LogP contribution in [0.1, 0.15) is 24.8 Å². The first-order valence-electron chi connectivity index (χ1n) is 7.39. The molecule has 3 rings (SSSR count). The molecule has 2 bridgehead atoms. The summed E-state index contributed by atoms with van der Waals surface area (Å²) >= 11 is 6.59. The zero-order chi connectivity index (χ0) is 13.2. The van der Waals surface area contributed by atoms with E-state index in [1.807, 2.05) is 0 Å². The van der Waals surface area contributed by atoms with E-state index < -0.39 is 0 Å². The van der Waals surface area contributed by atoms with Gasteiger partial charge in [0.15, 0.2) is 0 Å². The molecule has 2 aliphatic heterocycles. The first-order valence-corrected chi connectivity index (χ1v) is 7.83. The van der Waals surface area contributed by atoms with Crippen molar-refractivity contribution < 1.29 is 0 Å². The molecule has 0 radical (unpaired) electrons. The SMILES string of the molecule is CN1CC2CCCC(C1Cl)N2CCc1ccccc1. The van der Waals surface area contributed by atoms with Crippen molar-refractivity contribution in [3.05, 3.63) is 35.9 Å². The summed E-state index contributed by atoms with van der Waals surface area (Å²) in [5, 5.41) is 0. The normalized spacial score (nSPS) is 32.4. The maximum absolute atomic E-state index is 6.59. The van der Waals surface area contributed by atoms with Gasteiger partial charge in [0.2, 0.25) is 0 Å². The summed E-state index contributed by atoms with van der Waals surface area (Å²) in [6, 6.07) is 12.1. The Morgan fingerprint density at radius 3 is 2.79 bits per heavy atom. The van der Waals surface area contributed by atoms with E-state index in [2.05, 4.69) is 47.2 Å². The predicted octanol–water partition coefficient (Wildman–Crippen LogP) is 2.96. The smallest absolute Gasteiger partial charge is 0.101 e. The number of likely N-dealkylation sites (N-methyl/N-ethyl adjacent to an activating group) is 1. The molecule has 2 aliphatic rings. The third-order valence-electron chi connectivity index (χ3n) is 4.67. The maximum Gasteiger partial charge on any atom is 0.101 e. The zero-order valence-corrected chi connectivity index (χ0v) is 12.4. The lowest BCUT2D eigenvalue weighted by atomic mass is 9.90. The molecule has 0 aromatic heterocycles. The predicted molar refractivity (Wildman–Crippen MR) is 80.6 cm³/mol. The lowest BCUT2D eigenvalue weighted by molar-refractivity contribution is -0.0122. The van der Waals surface area contributed by atoms with Crippen molar-refractivity contribution >= 4 is 11.6 Å². The standard InChI is InChI=1S/C16H23ClN2/c1-18-12-14-8-5-9-15(16(18)17)19(14)11-10-13-6-3-2-4-7-13/h2-4,6-7,14-16H,5,8-12H2,1H3. The lowest BCUT2D eigenvalue weighted by Crippen LogP contribution is -2.63. The van der Waals surface area contributed by atoms with Gasteiger partial charge in [0.05, 0.1) is 0 Å². The van der Waals surface area contributed by atoms with Crippen LogP contribution in [0.15, 0.2) is 30.3 Å². The molecule has 0 aliphatic carbocycles. The number of hydrogen-bond donors (Lipinski definition) is 0. The highest BCUT2D eigenvalue weighted by Gasteiger charge is 2.41. The van der Waals surface area contributed by atoms with Crippen LogP contribution in [0.5, 0.6) is 0 Å². The van der Waals surface area contributed by atoms with Crippen LogP contribution in [0.25, 0.3) is 0 Å². The van der Waals surface area contributed by atoms with Crippen LogP contribution in [0.2, 0.25) is 0 Å². The second-order valence-corrected chi connectivity index (χ2v) is 6.38. The first-order chi connectivity index (χ1) is 9.25. The fourth-order valence-corrected chi connectivity index (χ4v) is 3.99. The highest BCUT2D eigenvalue weighted by Crippen LogP contribution is 2.33. The Hall–Kier alpha value is -0.570. The third-order valence-corrected chi connectivity index (χ3v) is 5.30. The van der Waals surface area contributed by atoms with Crippen molar-refractivity contribution in [1.29, 1.82) is 0 Å². The number of hydrogen-bond acceptors (Lipinski definition) is 2. The molecule has 2 nitrogen and oxygen atoms in total. The van der Waals surface area contributed by atoms with Gasteiger partial charge in [-0.25, -0.2) is 0 Å². The molecule has 2 fully saturated rings. The van der Waals surface area contributed by atoms with Gasteiger partial charge in [-0.15, -0.1) is 11.6 Å². The quantitative estimate of drug-likeness (QED) is 0.620. The summed E-state index contributed by atoms with van der Waals surface area (Å²) < 4.78 is 0. The fraction of sp³-hybridized carbons (Fsp3) is 0.625. The van der Waals surface area contributed by atoms with Crippen molar-refractivity contribution in [2.24, 2.45) is 0 Å². The Morgan fingerprint density at radius 1 is 1.21 bits per heavy atom. The summed E-state index contributed by atoms with van der Waals surface area (Å²) in [5.74, 6) is 0. The highest BCUT2D eigenvalue weighted by atomic mass is 35.5. The molecular weight excluding hydrogens is 256 g/mol. The summed E-state index contributed by atoms with van der Waals surface area (Å²) in [7, 11) is 2.16. The third kappa shape index (κ3) is 2.81. The molecule has 104 valence electrons. The Bertz CT molecular complexity index is 408. The molecule has 3 unspecified atom stereocenters. The first kappa shape index (κ1) is 13.4. The van der Waals surface area contributed by atoms with E-state index in [-0.39, 0.29) is 5.50 Å². The largest absolute Gasteiger partial charge is 0.293 e. The minimum absolute atomic E-state index is 0.187. The Balaban J connectivity index is 1.66. The van der Waals surface area contributed by atoms with Crippen molar-refractivity contribution in [3.63, 3.8) is 0 Å². The van der Waals surface area contributed by atoms with Gasteiger partial charge >= 0.3 is 0 Å². The molecule has 3 atom stereocenters. The molecule has 0 N–H and O–H groups in total. The zero-order valence-electron chi connectivity index (χ0n) is 11.6. The minimum atomic E-state index is 0.187. The molecule has 0 saturated carbocycles. The van der Waals surface area contributed by atoms with Crippen LogP contribution in [-0.2, 0) is 6.42 Å². The summed E-state index contributed by atoms with van der Waals surface area (Å²) in [5.41, 5.74) is 1.62. The summed E-state index contributed by atoms with van der Waals surface area (Å²) in [6.45, 7) is 2.27. The number of alkyl halides is 1. The van der Waals surface area contributed by atoms with Crippen molar-refractivity contribution in [2.75, 3.05) is 20.1 Å². The molecule has 1 aromatic rings. The van der Waals surface area contributed by atoms with E-state index in [1.165, 1.54) is 24.8 Å². The average Bonchev–Trinajstić information content (AvgIpc) is 2.44. The number of halogens is 1. The lowest BCUT2D eigenvalue weighted by Gasteiger charge is -2.52. The maximum atomic E-state index is 6.59. The number of piperazine rings is 1. The fourth-order valence-electron chi connectivity index (χ4n) is 3.63. The molecule has 2 saturated heterocycles. The monoisotopic (exact) mass is 278 g/mol. The van der Waals surface area contributed by atoms with E-state index in [9.17, 15) is 0 Å². The van der Waals surface area contributed by atoms with Gasteiger partial charge < -0.3 is 0 Å². The van der Waals surface area contributed by atoms with Gasteiger partial charge in [-0.3, -0.25) is 9.80 Å². The number of nitrogens with zero attached hydrogens (tertiary/aromatic N) is 2. The van der Waals surface area contributed by atoms with Gasteiger partial charge in [-0.05, 0) is 31.9 Å². The van der Waals surface area contributed by atoms with Crippen LogP contribution in [0, 0.1) is 0 Å². The molecule has 0 spiro atoms. The molecule has 2 heterocycles. The molecule has 19 heavy (non-hydrogen) atoms. The van der Waals surface area contributed by atoms with E-state index >= 15 is 0 Å². The number of fused-ring (bicyclic) bond motifs is 2. The Morgan fingerprint density at radius 2 is 2.00 bits per heavy atom. The average molecular weight is 279 g/mol.